The van der Waals surface area contributed by atoms with Gasteiger partial charge in [0.15, 0.2) is 14.9 Å². The first-order chi connectivity index (χ1) is 15.4. The van der Waals surface area contributed by atoms with Crippen molar-refractivity contribution in [2.45, 2.75) is 31.0 Å². The lowest BCUT2D eigenvalue weighted by molar-refractivity contribution is 0.0952. The highest BCUT2D eigenvalue weighted by molar-refractivity contribution is 7.91. The van der Waals surface area contributed by atoms with Crippen molar-refractivity contribution >= 4 is 15.7 Å². The molecule has 0 saturated heterocycles. The van der Waals surface area contributed by atoms with Crippen LogP contribution in [0.15, 0.2) is 75.3 Å². The number of nitrogens with zero attached hydrogens (tertiary/aromatic N) is 2. The summed E-state index contributed by atoms with van der Waals surface area (Å²) in [4.78, 5) is 38.5. The molecule has 1 aromatic heterocycles. The Labute approximate surface area is 185 Å². The van der Waals surface area contributed by atoms with E-state index in [2.05, 4.69) is 5.32 Å². The fraction of sp³-hybridized carbons (Fsp3) is 0.261. The minimum absolute atomic E-state index is 0.0261. The van der Waals surface area contributed by atoms with Gasteiger partial charge in [-0.3, -0.25) is 18.7 Å². The van der Waals surface area contributed by atoms with E-state index in [0.29, 0.717) is 24.0 Å². The second-order valence-electron chi connectivity index (χ2n) is 7.59. The predicted molar refractivity (Wildman–Crippen MR) is 120 cm³/mol. The SMILES string of the molecule is O=C(NCCCn1c(=O)c(-c2ccccc2)c2n(c1=O)CCCS2(=O)=O)c1ccccc1. The topological polar surface area (TPSA) is 107 Å². The zero-order chi connectivity index (χ0) is 22.7. The van der Waals surface area contributed by atoms with Crippen LogP contribution in [0.1, 0.15) is 23.2 Å². The molecule has 2 heterocycles. The van der Waals surface area contributed by atoms with Crippen molar-refractivity contribution in [3.8, 4) is 11.1 Å². The number of carbonyl (C=O) groups excluding carboxylic acids is 1. The Bertz CT molecular complexity index is 1360. The average Bonchev–Trinajstić information content (AvgIpc) is 2.80. The largest absolute Gasteiger partial charge is 0.352 e. The second kappa shape index (κ2) is 8.96. The zero-order valence-electron chi connectivity index (χ0n) is 17.4. The summed E-state index contributed by atoms with van der Waals surface area (Å²) in [6.07, 6.45) is 0.656. The van der Waals surface area contributed by atoms with Gasteiger partial charge in [-0.25, -0.2) is 13.2 Å². The first-order valence-corrected chi connectivity index (χ1v) is 12.0. The molecule has 166 valence electrons. The van der Waals surface area contributed by atoms with Crippen LogP contribution in [0, 0.1) is 0 Å². The summed E-state index contributed by atoms with van der Waals surface area (Å²) in [5.74, 6) is -0.336. The maximum absolute atomic E-state index is 13.3. The molecule has 0 unspecified atom stereocenters. The van der Waals surface area contributed by atoms with E-state index in [9.17, 15) is 22.8 Å². The van der Waals surface area contributed by atoms with Crippen molar-refractivity contribution in [1.82, 2.24) is 14.5 Å². The normalized spacial score (nSPS) is 14.5. The summed E-state index contributed by atoms with van der Waals surface area (Å²) < 4.78 is 27.9. The van der Waals surface area contributed by atoms with Crippen molar-refractivity contribution in [3.63, 3.8) is 0 Å². The van der Waals surface area contributed by atoms with Crippen molar-refractivity contribution in [3.05, 3.63) is 87.1 Å². The molecule has 0 saturated carbocycles. The maximum atomic E-state index is 13.3. The van der Waals surface area contributed by atoms with Crippen LogP contribution in [0.2, 0.25) is 0 Å². The predicted octanol–water partition coefficient (Wildman–Crippen LogP) is 1.67. The van der Waals surface area contributed by atoms with E-state index in [1.54, 1.807) is 54.6 Å². The Hall–Kier alpha value is -3.46. The minimum atomic E-state index is -3.76. The van der Waals surface area contributed by atoms with E-state index >= 15 is 0 Å². The molecule has 0 fully saturated rings. The third-order valence-electron chi connectivity index (χ3n) is 5.41. The Kier molecular flexibility index (Phi) is 6.09. The molecule has 0 radical (unpaired) electrons. The van der Waals surface area contributed by atoms with Crippen LogP contribution >= 0.6 is 0 Å². The fourth-order valence-electron chi connectivity index (χ4n) is 3.89. The number of carbonyl (C=O) groups is 1. The number of hydrogen-bond acceptors (Lipinski definition) is 5. The van der Waals surface area contributed by atoms with Crippen molar-refractivity contribution in [1.29, 1.82) is 0 Å². The minimum Gasteiger partial charge on any atom is -0.352 e. The van der Waals surface area contributed by atoms with Gasteiger partial charge in [0.05, 0.1) is 11.3 Å². The Morgan fingerprint density at radius 2 is 1.62 bits per heavy atom. The van der Waals surface area contributed by atoms with Gasteiger partial charge in [-0.2, -0.15) is 0 Å². The average molecular weight is 454 g/mol. The number of amides is 1. The molecule has 0 aliphatic carbocycles. The summed E-state index contributed by atoms with van der Waals surface area (Å²) in [5.41, 5.74) is -0.263. The van der Waals surface area contributed by atoms with Crippen LogP contribution in [0.25, 0.3) is 11.1 Å². The summed E-state index contributed by atoms with van der Waals surface area (Å²) in [6.45, 7) is 0.561. The van der Waals surface area contributed by atoms with Crippen LogP contribution in [-0.4, -0.2) is 35.8 Å². The lowest BCUT2D eigenvalue weighted by Gasteiger charge is -2.23. The molecule has 4 rings (SSSR count). The van der Waals surface area contributed by atoms with Gasteiger partial charge in [0, 0.05) is 25.2 Å². The van der Waals surface area contributed by atoms with Crippen LogP contribution in [0.4, 0.5) is 0 Å². The lowest BCUT2D eigenvalue weighted by Crippen LogP contribution is -2.45. The monoisotopic (exact) mass is 453 g/mol. The highest BCUT2D eigenvalue weighted by Gasteiger charge is 2.32. The molecule has 1 N–H and O–H groups in total. The molecule has 32 heavy (non-hydrogen) atoms. The van der Waals surface area contributed by atoms with Crippen LogP contribution in [0.5, 0.6) is 0 Å². The van der Waals surface area contributed by atoms with Gasteiger partial charge >= 0.3 is 5.69 Å². The maximum Gasteiger partial charge on any atom is 0.332 e. The molecule has 0 bridgehead atoms. The van der Waals surface area contributed by atoms with Gasteiger partial charge in [0.2, 0.25) is 0 Å². The van der Waals surface area contributed by atoms with E-state index < -0.39 is 21.1 Å². The number of hydrogen-bond donors (Lipinski definition) is 1. The molecular formula is C23H23N3O5S. The number of aromatic nitrogens is 2. The number of nitrogens with one attached hydrogen (secondary N) is 1. The smallest absolute Gasteiger partial charge is 0.332 e. The van der Waals surface area contributed by atoms with Gasteiger partial charge in [-0.15, -0.1) is 0 Å². The Morgan fingerprint density at radius 3 is 2.31 bits per heavy atom. The Balaban J connectivity index is 1.66. The third-order valence-corrected chi connectivity index (χ3v) is 7.25. The molecule has 2 aromatic carbocycles. The lowest BCUT2D eigenvalue weighted by atomic mass is 10.1. The third kappa shape index (κ3) is 4.16. The highest BCUT2D eigenvalue weighted by Crippen LogP contribution is 2.27. The van der Waals surface area contributed by atoms with Gasteiger partial charge in [-0.1, -0.05) is 48.5 Å². The number of fused-ring (bicyclic) bond motifs is 1. The summed E-state index contributed by atoms with van der Waals surface area (Å²) in [6, 6.07) is 17.3. The summed E-state index contributed by atoms with van der Waals surface area (Å²) in [5, 5.41) is 2.58. The van der Waals surface area contributed by atoms with Crippen molar-refractivity contribution in [2.24, 2.45) is 0 Å². The van der Waals surface area contributed by atoms with Gasteiger partial charge in [0.1, 0.15) is 0 Å². The molecule has 0 atom stereocenters. The van der Waals surface area contributed by atoms with Crippen LogP contribution < -0.4 is 16.6 Å². The van der Waals surface area contributed by atoms with Crippen LogP contribution in [0.3, 0.4) is 0 Å². The molecule has 9 heteroatoms. The molecular weight excluding hydrogens is 430 g/mol. The standard InChI is InChI=1S/C23H23N3O5S/c27-20(18-11-5-2-6-12-18)24-13-7-14-25-21(28)19(17-9-3-1-4-10-17)22-26(23(25)29)15-8-16-32(22,30)31/h1-6,9-12H,7-8,13-16H2,(H,24,27). The van der Waals surface area contributed by atoms with E-state index in [1.807, 2.05) is 6.07 Å². The van der Waals surface area contributed by atoms with Gasteiger partial charge in [-0.05, 0) is 30.5 Å². The fourth-order valence-corrected chi connectivity index (χ4v) is 5.61. The van der Waals surface area contributed by atoms with E-state index in [4.69, 9.17) is 0 Å². The molecule has 1 amide bonds. The zero-order valence-corrected chi connectivity index (χ0v) is 18.2. The molecule has 3 aromatic rings. The number of benzene rings is 2. The van der Waals surface area contributed by atoms with Crippen molar-refractivity contribution < 1.29 is 13.2 Å². The molecule has 8 nitrogen and oxygen atoms in total. The Morgan fingerprint density at radius 1 is 0.969 bits per heavy atom. The molecule has 0 spiro atoms. The van der Waals surface area contributed by atoms with E-state index in [1.165, 1.54) is 4.57 Å². The van der Waals surface area contributed by atoms with Gasteiger partial charge < -0.3 is 5.32 Å². The second-order valence-corrected chi connectivity index (χ2v) is 9.61. The molecule has 1 aliphatic rings. The summed E-state index contributed by atoms with van der Waals surface area (Å²) in [7, 11) is -3.76. The number of sulfone groups is 1. The van der Waals surface area contributed by atoms with Crippen LogP contribution in [-0.2, 0) is 22.9 Å². The molecule has 1 aliphatic heterocycles. The van der Waals surface area contributed by atoms with E-state index in [-0.39, 0.29) is 41.9 Å². The first-order valence-electron chi connectivity index (χ1n) is 10.4. The van der Waals surface area contributed by atoms with Gasteiger partial charge in [0.25, 0.3) is 11.5 Å². The highest BCUT2D eigenvalue weighted by atomic mass is 32.2. The van der Waals surface area contributed by atoms with Crippen molar-refractivity contribution in [2.75, 3.05) is 12.3 Å². The quantitative estimate of drug-likeness (QED) is 0.451. The first kappa shape index (κ1) is 21.8. The summed E-state index contributed by atoms with van der Waals surface area (Å²) >= 11 is 0. The van der Waals surface area contributed by atoms with E-state index in [0.717, 1.165) is 4.57 Å². The number of rotatable bonds is 6.